The van der Waals surface area contributed by atoms with E-state index in [0.717, 1.165) is 31.3 Å². The van der Waals surface area contributed by atoms with E-state index in [4.69, 9.17) is 11.5 Å². The maximum absolute atomic E-state index is 12.7. The summed E-state index contributed by atoms with van der Waals surface area (Å²) >= 11 is 0. The van der Waals surface area contributed by atoms with Crippen molar-refractivity contribution in [3.05, 3.63) is 36.0 Å². The molecular weight excluding hydrogens is 398 g/mol. The van der Waals surface area contributed by atoms with Gasteiger partial charge in [-0.3, -0.25) is 4.99 Å². The van der Waals surface area contributed by atoms with E-state index in [1.54, 1.807) is 6.92 Å². The third-order valence-electron chi connectivity index (χ3n) is 6.95. The smallest absolute Gasteiger partial charge is 0.185 e. The molecule has 1 aliphatic carbocycles. The van der Waals surface area contributed by atoms with Crippen LogP contribution in [0, 0.1) is 11.3 Å². The van der Waals surface area contributed by atoms with Crippen molar-refractivity contribution in [3.8, 4) is 0 Å². The number of aliphatic imine (C=N–C) groups is 1. The molecule has 0 aliphatic heterocycles. The Morgan fingerprint density at radius 2 is 2.13 bits per heavy atom. The van der Waals surface area contributed by atoms with Crippen LogP contribution in [0.2, 0.25) is 0 Å². The minimum Gasteiger partial charge on any atom is -0.392 e. The van der Waals surface area contributed by atoms with Crippen LogP contribution in [-0.4, -0.2) is 43.1 Å². The lowest BCUT2D eigenvalue weighted by atomic mass is 9.64. The van der Waals surface area contributed by atoms with Gasteiger partial charge < -0.3 is 16.6 Å². The number of allylic oxidation sites excluding steroid dienone is 3. The van der Waals surface area contributed by atoms with Crippen molar-refractivity contribution in [2.45, 2.75) is 71.0 Å². The maximum atomic E-state index is 12.7. The summed E-state index contributed by atoms with van der Waals surface area (Å²) in [5, 5.41) is 9.76. The van der Waals surface area contributed by atoms with Gasteiger partial charge in [0.2, 0.25) is 0 Å². The lowest BCUT2D eigenvalue weighted by Gasteiger charge is -2.41. The minimum atomic E-state index is -3.42. The van der Waals surface area contributed by atoms with Gasteiger partial charge in [-0.2, -0.15) is 0 Å². The number of hydrogen-bond donors (Lipinski definition) is 3. The van der Waals surface area contributed by atoms with Crippen molar-refractivity contribution in [2.75, 3.05) is 18.9 Å². The summed E-state index contributed by atoms with van der Waals surface area (Å²) in [6.07, 6.45) is 11.1. The van der Waals surface area contributed by atoms with Gasteiger partial charge in [0, 0.05) is 0 Å². The molecule has 0 unspecified atom stereocenters. The third kappa shape index (κ3) is 6.71. The third-order valence-corrected chi connectivity index (χ3v) is 9.46. The standard InChI is InChI=1S/C23H41N3O3S/c1-6-22(4,30(28,29)16-15-26-21(24)25)13-8-9-18(2)12-14-23(5)19(3)10-7-11-20(23)17-27/h6,9,11,19,27H,1,7-8,10,12-17H2,2-5H3,(H4,24,25,26)/b18-9+/t19-,22+,23+/m1/s1. The molecule has 0 heterocycles. The van der Waals surface area contributed by atoms with Crippen LogP contribution in [0.3, 0.4) is 0 Å². The van der Waals surface area contributed by atoms with Crippen LogP contribution in [0.15, 0.2) is 40.9 Å². The first-order valence-corrected chi connectivity index (χ1v) is 12.4. The molecular formula is C23H41N3O3S. The summed E-state index contributed by atoms with van der Waals surface area (Å²) in [4.78, 5) is 3.78. The number of aliphatic hydroxyl groups is 1. The Hall–Kier alpha value is -1.60. The largest absolute Gasteiger partial charge is 0.392 e. The van der Waals surface area contributed by atoms with Crippen molar-refractivity contribution < 1.29 is 13.5 Å². The van der Waals surface area contributed by atoms with Gasteiger partial charge in [-0.1, -0.05) is 37.6 Å². The van der Waals surface area contributed by atoms with Gasteiger partial charge in [0.25, 0.3) is 0 Å². The van der Waals surface area contributed by atoms with Crippen molar-refractivity contribution in [2.24, 2.45) is 27.8 Å². The van der Waals surface area contributed by atoms with Crippen LogP contribution >= 0.6 is 0 Å². The molecule has 0 bridgehead atoms. The topological polar surface area (TPSA) is 119 Å². The second-order valence-corrected chi connectivity index (χ2v) is 11.6. The first kappa shape index (κ1) is 26.4. The number of nitrogens with zero attached hydrogens (tertiary/aromatic N) is 1. The SMILES string of the molecule is C=C[C@@](C)(CC/C=C(\C)CC[C@]1(C)C(CO)=CCC[C@H]1C)S(=O)(=O)CCN=C(N)N. The normalized spacial score (nSPS) is 24.6. The molecule has 1 aliphatic rings. The van der Waals surface area contributed by atoms with Crippen LogP contribution in [0.1, 0.15) is 66.2 Å². The lowest BCUT2D eigenvalue weighted by molar-refractivity contribution is 0.177. The van der Waals surface area contributed by atoms with Gasteiger partial charge in [-0.25, -0.2) is 8.42 Å². The first-order valence-electron chi connectivity index (χ1n) is 10.8. The number of sulfone groups is 1. The minimum absolute atomic E-state index is 0.0203. The molecule has 3 atom stereocenters. The van der Waals surface area contributed by atoms with E-state index in [9.17, 15) is 13.5 Å². The van der Waals surface area contributed by atoms with Crippen LogP contribution < -0.4 is 11.5 Å². The number of rotatable bonds is 12. The first-order chi connectivity index (χ1) is 13.9. The van der Waals surface area contributed by atoms with Gasteiger partial charge in [-0.15, -0.1) is 6.58 Å². The molecule has 7 heteroatoms. The number of nitrogens with two attached hydrogens (primary N) is 2. The fraction of sp³-hybridized carbons (Fsp3) is 0.696. The number of guanidine groups is 1. The van der Waals surface area contributed by atoms with Gasteiger partial charge >= 0.3 is 0 Å². The number of aliphatic hydroxyl groups excluding tert-OH is 1. The van der Waals surface area contributed by atoms with Gasteiger partial charge in [0.1, 0.15) is 0 Å². The van der Waals surface area contributed by atoms with E-state index < -0.39 is 14.6 Å². The highest BCUT2D eigenvalue weighted by molar-refractivity contribution is 7.93. The molecule has 0 amide bonds. The highest BCUT2D eigenvalue weighted by atomic mass is 32.2. The van der Waals surface area contributed by atoms with Gasteiger partial charge in [0.15, 0.2) is 15.8 Å². The zero-order valence-electron chi connectivity index (χ0n) is 19.2. The van der Waals surface area contributed by atoms with E-state index in [-0.39, 0.29) is 30.3 Å². The number of hydrogen-bond acceptors (Lipinski definition) is 4. The molecule has 0 fully saturated rings. The molecule has 0 saturated heterocycles. The average molecular weight is 440 g/mol. The zero-order valence-corrected chi connectivity index (χ0v) is 20.0. The quantitative estimate of drug-likeness (QED) is 0.244. The molecule has 172 valence electrons. The van der Waals surface area contributed by atoms with E-state index in [2.05, 4.69) is 44.5 Å². The van der Waals surface area contributed by atoms with Gasteiger partial charge in [0.05, 0.1) is 23.7 Å². The summed E-state index contributed by atoms with van der Waals surface area (Å²) in [6.45, 7) is 12.3. The summed E-state index contributed by atoms with van der Waals surface area (Å²) in [7, 11) is -3.42. The summed E-state index contributed by atoms with van der Waals surface area (Å²) in [5.41, 5.74) is 13.0. The van der Waals surface area contributed by atoms with E-state index in [1.807, 2.05) is 0 Å². The van der Waals surface area contributed by atoms with Crippen LogP contribution in [0.4, 0.5) is 0 Å². The van der Waals surface area contributed by atoms with Crippen molar-refractivity contribution in [1.29, 1.82) is 0 Å². The van der Waals surface area contributed by atoms with E-state index >= 15 is 0 Å². The Balaban J connectivity index is 2.72. The summed E-state index contributed by atoms with van der Waals surface area (Å²) < 4.78 is 24.5. The lowest BCUT2D eigenvalue weighted by Crippen LogP contribution is -2.36. The Bertz CT molecular complexity index is 782. The molecule has 0 radical (unpaired) electrons. The van der Waals surface area contributed by atoms with Crippen molar-refractivity contribution in [3.63, 3.8) is 0 Å². The summed E-state index contributed by atoms with van der Waals surface area (Å²) in [5.74, 6) is 0.323. The Morgan fingerprint density at radius 1 is 1.47 bits per heavy atom. The molecule has 30 heavy (non-hydrogen) atoms. The van der Waals surface area contributed by atoms with E-state index in [0.29, 0.717) is 18.8 Å². The molecule has 6 nitrogen and oxygen atoms in total. The average Bonchev–Trinajstić information content (AvgIpc) is 2.67. The predicted octanol–water partition coefficient (Wildman–Crippen LogP) is 3.48. The maximum Gasteiger partial charge on any atom is 0.185 e. The second-order valence-electron chi connectivity index (χ2n) is 9.01. The van der Waals surface area contributed by atoms with Crippen molar-refractivity contribution >= 4 is 15.8 Å². The van der Waals surface area contributed by atoms with Crippen LogP contribution in [0.5, 0.6) is 0 Å². The Kier molecular flexibility index (Phi) is 9.82. The van der Waals surface area contributed by atoms with Crippen LogP contribution in [0.25, 0.3) is 0 Å². The molecule has 5 N–H and O–H groups in total. The Morgan fingerprint density at radius 3 is 2.70 bits per heavy atom. The monoisotopic (exact) mass is 439 g/mol. The zero-order chi connectivity index (χ0) is 23.0. The fourth-order valence-electron chi connectivity index (χ4n) is 4.10. The molecule has 0 spiro atoms. The van der Waals surface area contributed by atoms with Crippen molar-refractivity contribution in [1.82, 2.24) is 0 Å². The highest BCUT2D eigenvalue weighted by Gasteiger charge is 2.36. The van der Waals surface area contributed by atoms with Gasteiger partial charge in [-0.05, 0) is 69.3 Å². The predicted molar refractivity (Wildman–Crippen MR) is 127 cm³/mol. The summed E-state index contributed by atoms with van der Waals surface area (Å²) in [6, 6.07) is 0. The van der Waals surface area contributed by atoms with Crippen LogP contribution in [-0.2, 0) is 9.84 Å². The molecule has 1 rings (SSSR count). The highest BCUT2D eigenvalue weighted by Crippen LogP contribution is 2.45. The molecule has 0 aromatic rings. The molecule has 0 saturated carbocycles. The van der Waals surface area contributed by atoms with E-state index in [1.165, 1.54) is 11.6 Å². The Labute approximate surface area is 183 Å². The fourth-order valence-corrected chi connectivity index (χ4v) is 5.59. The molecule has 0 aromatic heterocycles. The molecule has 0 aromatic carbocycles. The second kappa shape index (κ2) is 11.1.